The molecule has 1 amide bonds. The van der Waals surface area contributed by atoms with E-state index in [1.165, 1.54) is 0 Å². The average Bonchev–Trinajstić information content (AvgIpc) is 2.93. The van der Waals surface area contributed by atoms with Gasteiger partial charge in [0, 0.05) is 25.5 Å². The van der Waals surface area contributed by atoms with Gasteiger partial charge in [-0.3, -0.25) is 9.59 Å². The van der Waals surface area contributed by atoms with Crippen molar-refractivity contribution in [2.24, 2.45) is 5.92 Å². The molecule has 1 aliphatic rings. The first-order valence-corrected chi connectivity index (χ1v) is 6.19. The second-order valence-corrected chi connectivity index (χ2v) is 4.79. The Morgan fingerprint density at radius 2 is 2.00 bits per heavy atom. The molecule has 1 aromatic rings. The van der Waals surface area contributed by atoms with Crippen LogP contribution in [0.1, 0.15) is 13.3 Å². The molecule has 0 aromatic carbocycles. The van der Waals surface area contributed by atoms with Crippen LogP contribution in [0.4, 0.5) is 13.2 Å². The number of rotatable bonds is 4. The van der Waals surface area contributed by atoms with E-state index in [-0.39, 0.29) is 6.54 Å². The van der Waals surface area contributed by atoms with Crippen LogP contribution in [0.2, 0.25) is 0 Å². The molecule has 1 aliphatic heterocycles. The summed E-state index contributed by atoms with van der Waals surface area (Å²) in [6, 6.07) is -2.01. The van der Waals surface area contributed by atoms with Gasteiger partial charge in [-0.25, -0.2) is 4.98 Å². The highest BCUT2D eigenvalue weighted by Gasteiger charge is 2.57. The Kier molecular flexibility index (Phi) is 3.82. The number of hydrogen-bond donors (Lipinski definition) is 0. The van der Waals surface area contributed by atoms with Gasteiger partial charge in [0.25, 0.3) is 5.91 Å². The molecule has 1 saturated heterocycles. The third-order valence-electron chi connectivity index (χ3n) is 3.40. The largest absolute Gasteiger partial charge is 0.409 e. The van der Waals surface area contributed by atoms with E-state index < -0.39 is 29.8 Å². The highest BCUT2D eigenvalue weighted by atomic mass is 19.4. The van der Waals surface area contributed by atoms with E-state index in [0.29, 0.717) is 17.9 Å². The highest BCUT2D eigenvalue weighted by molar-refractivity contribution is 6.39. The first kappa shape index (κ1) is 14.5. The monoisotopic (exact) mass is 289 g/mol. The highest BCUT2D eigenvalue weighted by Crippen LogP contribution is 2.35. The molecular weight excluding hydrogens is 275 g/mol. The summed E-state index contributed by atoms with van der Waals surface area (Å²) in [7, 11) is 0. The van der Waals surface area contributed by atoms with E-state index in [4.69, 9.17) is 0 Å². The van der Waals surface area contributed by atoms with Crippen LogP contribution in [0.3, 0.4) is 0 Å². The smallest absolute Gasteiger partial charge is 0.337 e. The number of halogens is 3. The molecule has 20 heavy (non-hydrogen) atoms. The molecule has 5 nitrogen and oxygen atoms in total. The summed E-state index contributed by atoms with van der Waals surface area (Å²) in [6.45, 7) is 1.49. The standard InChI is InChI=1S/C12H14F3N3O2/c1-8-9(19)11(20)18(10(8)12(13,14)15)5-2-4-17-6-3-16-7-17/h3,6-8,10H,2,4-5H2,1H3. The molecule has 0 saturated carbocycles. The maximum Gasteiger partial charge on any atom is 0.409 e. The Bertz CT molecular complexity index is 499. The number of likely N-dealkylation sites (tertiary alicyclic amines) is 1. The van der Waals surface area contributed by atoms with Crippen molar-refractivity contribution >= 4 is 11.7 Å². The SMILES string of the molecule is CC1C(=O)C(=O)N(CCCn2ccnc2)C1C(F)(F)F. The number of Topliss-reactive ketones (excluding diaryl/α,β-unsaturated/α-hetero) is 1. The first-order valence-electron chi connectivity index (χ1n) is 6.19. The Labute approximate surface area is 113 Å². The van der Waals surface area contributed by atoms with Gasteiger partial charge < -0.3 is 9.47 Å². The second-order valence-electron chi connectivity index (χ2n) is 4.79. The number of aromatic nitrogens is 2. The lowest BCUT2D eigenvalue weighted by atomic mass is 10.0. The normalized spacial score (nSPS) is 23.7. The van der Waals surface area contributed by atoms with Crippen LogP contribution in [0.15, 0.2) is 18.7 Å². The van der Waals surface area contributed by atoms with E-state index in [9.17, 15) is 22.8 Å². The fourth-order valence-corrected chi connectivity index (χ4v) is 2.42. The minimum atomic E-state index is -4.59. The van der Waals surface area contributed by atoms with Crippen molar-refractivity contribution in [3.63, 3.8) is 0 Å². The fourth-order valence-electron chi connectivity index (χ4n) is 2.42. The van der Waals surface area contributed by atoms with Crippen LogP contribution >= 0.6 is 0 Å². The van der Waals surface area contributed by atoms with Gasteiger partial charge in [0.05, 0.1) is 12.2 Å². The molecule has 1 fully saturated rings. The van der Waals surface area contributed by atoms with Crippen molar-refractivity contribution in [2.75, 3.05) is 6.54 Å². The van der Waals surface area contributed by atoms with Crippen molar-refractivity contribution < 1.29 is 22.8 Å². The second kappa shape index (κ2) is 5.26. The lowest BCUT2D eigenvalue weighted by Crippen LogP contribution is -2.46. The van der Waals surface area contributed by atoms with Gasteiger partial charge in [0.15, 0.2) is 0 Å². The number of amides is 1. The number of imidazole rings is 1. The van der Waals surface area contributed by atoms with Crippen LogP contribution in [-0.4, -0.2) is 44.9 Å². The minimum absolute atomic E-state index is 0.0999. The zero-order chi connectivity index (χ0) is 14.9. The Balaban J connectivity index is 2.03. The summed E-state index contributed by atoms with van der Waals surface area (Å²) in [4.78, 5) is 27.5. The van der Waals surface area contributed by atoms with Gasteiger partial charge in [0.1, 0.15) is 6.04 Å². The first-order chi connectivity index (χ1) is 9.32. The third kappa shape index (κ3) is 2.68. The van der Waals surface area contributed by atoms with Crippen LogP contribution in [0.25, 0.3) is 0 Å². The Morgan fingerprint density at radius 3 is 2.55 bits per heavy atom. The molecule has 2 atom stereocenters. The Hall–Kier alpha value is -1.86. The summed E-state index contributed by atoms with van der Waals surface area (Å²) in [5.41, 5.74) is 0. The van der Waals surface area contributed by atoms with Gasteiger partial charge in [0.2, 0.25) is 5.78 Å². The van der Waals surface area contributed by atoms with Crippen molar-refractivity contribution in [1.82, 2.24) is 14.5 Å². The number of hydrogen-bond acceptors (Lipinski definition) is 3. The molecule has 1 aromatic heterocycles. The van der Waals surface area contributed by atoms with Gasteiger partial charge in [-0.05, 0) is 6.42 Å². The quantitative estimate of drug-likeness (QED) is 0.784. The topological polar surface area (TPSA) is 55.2 Å². The molecule has 0 radical (unpaired) electrons. The lowest BCUT2D eigenvalue weighted by Gasteiger charge is -2.27. The zero-order valence-corrected chi connectivity index (χ0v) is 10.8. The van der Waals surface area contributed by atoms with Gasteiger partial charge >= 0.3 is 6.18 Å². The number of nitrogens with zero attached hydrogens (tertiary/aromatic N) is 3. The number of aryl methyl sites for hydroxylation is 1. The predicted molar refractivity (Wildman–Crippen MR) is 62.6 cm³/mol. The van der Waals surface area contributed by atoms with E-state index >= 15 is 0 Å². The molecule has 0 aliphatic carbocycles. The third-order valence-corrected chi connectivity index (χ3v) is 3.40. The molecular formula is C12H14F3N3O2. The van der Waals surface area contributed by atoms with Gasteiger partial charge in [-0.1, -0.05) is 6.92 Å². The van der Waals surface area contributed by atoms with Gasteiger partial charge in [-0.2, -0.15) is 13.2 Å². The maximum absolute atomic E-state index is 12.9. The van der Waals surface area contributed by atoms with Crippen molar-refractivity contribution in [3.05, 3.63) is 18.7 Å². The van der Waals surface area contributed by atoms with Crippen molar-refractivity contribution in [2.45, 2.75) is 32.1 Å². The van der Waals surface area contributed by atoms with E-state index in [1.54, 1.807) is 23.3 Å². The summed E-state index contributed by atoms with van der Waals surface area (Å²) in [5.74, 6) is -3.34. The summed E-state index contributed by atoms with van der Waals surface area (Å²) in [5, 5.41) is 0. The number of carbonyl (C=O) groups is 2. The van der Waals surface area contributed by atoms with Crippen molar-refractivity contribution in [3.8, 4) is 0 Å². The Morgan fingerprint density at radius 1 is 1.30 bits per heavy atom. The molecule has 110 valence electrons. The molecule has 0 bridgehead atoms. The molecule has 2 rings (SSSR count). The van der Waals surface area contributed by atoms with Crippen LogP contribution in [0.5, 0.6) is 0 Å². The van der Waals surface area contributed by atoms with E-state index in [2.05, 4.69) is 4.98 Å². The molecule has 2 unspecified atom stereocenters. The predicted octanol–water partition coefficient (Wildman–Crippen LogP) is 1.25. The fraction of sp³-hybridized carbons (Fsp3) is 0.583. The van der Waals surface area contributed by atoms with E-state index in [0.717, 1.165) is 6.92 Å². The van der Waals surface area contributed by atoms with Crippen LogP contribution < -0.4 is 0 Å². The number of ketones is 1. The van der Waals surface area contributed by atoms with E-state index in [1.807, 2.05) is 0 Å². The van der Waals surface area contributed by atoms with Crippen LogP contribution in [0, 0.1) is 5.92 Å². The van der Waals surface area contributed by atoms with Crippen LogP contribution in [-0.2, 0) is 16.1 Å². The summed E-state index contributed by atoms with van der Waals surface area (Å²) < 4.78 is 40.5. The number of carbonyl (C=O) groups excluding carboxylic acids is 2. The zero-order valence-electron chi connectivity index (χ0n) is 10.8. The lowest BCUT2D eigenvalue weighted by molar-refractivity contribution is -0.187. The molecule has 0 N–H and O–H groups in total. The molecule has 8 heteroatoms. The molecule has 2 heterocycles. The molecule has 0 spiro atoms. The average molecular weight is 289 g/mol. The summed E-state index contributed by atoms with van der Waals surface area (Å²) in [6.07, 6.45) is 0.525. The summed E-state index contributed by atoms with van der Waals surface area (Å²) >= 11 is 0. The maximum atomic E-state index is 12.9. The minimum Gasteiger partial charge on any atom is -0.337 e. The number of alkyl halides is 3. The van der Waals surface area contributed by atoms with Gasteiger partial charge in [-0.15, -0.1) is 0 Å². The van der Waals surface area contributed by atoms with Crippen molar-refractivity contribution in [1.29, 1.82) is 0 Å².